The first-order valence-electron chi connectivity index (χ1n) is 4.92. The maximum atomic E-state index is 10.4. The average Bonchev–Trinajstić information content (AvgIpc) is 2.00. The molecule has 0 rings (SSSR count). The minimum absolute atomic E-state index is 0.355. The van der Waals surface area contributed by atoms with E-state index >= 15 is 0 Å². The van der Waals surface area contributed by atoms with Crippen molar-refractivity contribution in [2.75, 3.05) is 0 Å². The Bertz CT molecular complexity index is 121. The normalized spacial score (nSPS) is 12.8. The van der Waals surface area contributed by atoms with Crippen molar-refractivity contribution < 1.29 is 9.90 Å². The predicted octanol–water partition coefficient (Wildman–Crippen LogP) is 3.07. The first-order chi connectivity index (χ1) is 5.70. The molecule has 0 unspecified atom stereocenters. The molecule has 72 valence electrons. The highest BCUT2D eigenvalue weighted by molar-refractivity contribution is 5.66. The third-order valence-corrected chi connectivity index (χ3v) is 2.13. The number of carboxylic acid groups (broad SMARTS) is 1. The number of aliphatic carboxylic acids is 1. The Morgan fingerprint density at radius 2 is 1.92 bits per heavy atom. The highest BCUT2D eigenvalue weighted by atomic mass is 16.4. The van der Waals surface area contributed by atoms with Crippen LogP contribution in [0.1, 0.15) is 52.4 Å². The van der Waals surface area contributed by atoms with Crippen LogP contribution in [0.3, 0.4) is 0 Å². The van der Waals surface area contributed by atoms with E-state index in [2.05, 4.69) is 13.8 Å². The molecule has 0 saturated carbocycles. The van der Waals surface area contributed by atoms with Gasteiger partial charge in [-0.3, -0.25) is 4.79 Å². The largest absolute Gasteiger partial charge is 0.481 e. The fraction of sp³-hybridized carbons (Fsp3) is 0.900. The number of rotatable bonds is 7. The van der Waals surface area contributed by atoms with Crippen LogP contribution in [-0.2, 0) is 4.79 Å². The molecule has 2 nitrogen and oxygen atoms in total. The Balaban J connectivity index is 3.61. The van der Waals surface area contributed by atoms with E-state index in [0.29, 0.717) is 12.3 Å². The third-order valence-electron chi connectivity index (χ3n) is 2.13. The molecule has 0 aliphatic carbocycles. The van der Waals surface area contributed by atoms with E-state index < -0.39 is 5.97 Å². The lowest BCUT2D eigenvalue weighted by Gasteiger charge is -2.12. The Morgan fingerprint density at radius 3 is 2.33 bits per heavy atom. The molecular weight excluding hydrogens is 152 g/mol. The van der Waals surface area contributed by atoms with Crippen LogP contribution in [0.4, 0.5) is 0 Å². The third kappa shape index (κ3) is 6.20. The molecule has 0 saturated heterocycles. The van der Waals surface area contributed by atoms with Gasteiger partial charge in [-0.25, -0.2) is 0 Å². The van der Waals surface area contributed by atoms with Crippen molar-refractivity contribution >= 4 is 5.97 Å². The molecule has 12 heavy (non-hydrogen) atoms. The van der Waals surface area contributed by atoms with Crippen LogP contribution < -0.4 is 0 Å². The second-order valence-corrected chi connectivity index (χ2v) is 3.39. The molecule has 0 aromatic heterocycles. The number of carbonyl (C=O) groups is 1. The molecular formula is C10H20O2. The molecule has 0 aromatic rings. The lowest BCUT2D eigenvalue weighted by atomic mass is 9.94. The van der Waals surface area contributed by atoms with Crippen molar-refractivity contribution in [1.29, 1.82) is 0 Å². The zero-order valence-electron chi connectivity index (χ0n) is 8.18. The van der Waals surface area contributed by atoms with Crippen LogP contribution in [0.2, 0.25) is 0 Å². The summed E-state index contributed by atoms with van der Waals surface area (Å²) in [5.41, 5.74) is 0. The van der Waals surface area contributed by atoms with E-state index in [9.17, 15) is 4.79 Å². The SMILES string of the molecule is CCCC[C@@H](CCC)CC(=O)O. The molecule has 1 N–H and O–H groups in total. The van der Waals surface area contributed by atoms with Crippen molar-refractivity contribution in [3.63, 3.8) is 0 Å². The summed E-state index contributed by atoms with van der Waals surface area (Å²) in [6.45, 7) is 4.25. The van der Waals surface area contributed by atoms with Crippen LogP contribution in [0.15, 0.2) is 0 Å². The van der Waals surface area contributed by atoms with Crippen LogP contribution >= 0.6 is 0 Å². The second-order valence-electron chi connectivity index (χ2n) is 3.39. The molecule has 0 amide bonds. The summed E-state index contributed by atoms with van der Waals surface area (Å²) < 4.78 is 0. The van der Waals surface area contributed by atoms with Gasteiger partial charge in [-0.1, -0.05) is 39.5 Å². The first kappa shape index (κ1) is 11.5. The van der Waals surface area contributed by atoms with Gasteiger partial charge in [0.1, 0.15) is 0 Å². The summed E-state index contributed by atoms with van der Waals surface area (Å²) in [5, 5.41) is 8.61. The topological polar surface area (TPSA) is 37.3 Å². The van der Waals surface area contributed by atoms with Gasteiger partial charge in [0.25, 0.3) is 0 Å². The number of hydrogen-bond donors (Lipinski definition) is 1. The van der Waals surface area contributed by atoms with Crippen molar-refractivity contribution in [2.24, 2.45) is 5.92 Å². The van der Waals surface area contributed by atoms with Crippen LogP contribution in [0, 0.1) is 5.92 Å². The van der Waals surface area contributed by atoms with Gasteiger partial charge in [0.15, 0.2) is 0 Å². The van der Waals surface area contributed by atoms with E-state index in [1.165, 1.54) is 6.42 Å². The molecule has 0 fully saturated rings. The Morgan fingerprint density at radius 1 is 1.25 bits per heavy atom. The number of hydrogen-bond acceptors (Lipinski definition) is 1. The van der Waals surface area contributed by atoms with Crippen LogP contribution in [0.25, 0.3) is 0 Å². The maximum absolute atomic E-state index is 10.4. The molecule has 2 heteroatoms. The minimum atomic E-state index is -0.649. The lowest BCUT2D eigenvalue weighted by Crippen LogP contribution is -2.07. The van der Waals surface area contributed by atoms with E-state index in [-0.39, 0.29) is 0 Å². The van der Waals surface area contributed by atoms with Gasteiger partial charge in [-0.05, 0) is 12.3 Å². The van der Waals surface area contributed by atoms with E-state index in [4.69, 9.17) is 5.11 Å². The highest BCUT2D eigenvalue weighted by Crippen LogP contribution is 2.18. The summed E-state index contributed by atoms with van der Waals surface area (Å²) in [7, 11) is 0. The molecule has 0 aromatic carbocycles. The lowest BCUT2D eigenvalue weighted by molar-refractivity contribution is -0.138. The first-order valence-corrected chi connectivity index (χ1v) is 4.92. The fourth-order valence-corrected chi connectivity index (χ4v) is 1.50. The van der Waals surface area contributed by atoms with E-state index in [1.54, 1.807) is 0 Å². The van der Waals surface area contributed by atoms with Crippen molar-refractivity contribution in [3.8, 4) is 0 Å². The predicted molar refractivity (Wildman–Crippen MR) is 50.2 cm³/mol. The molecule has 0 aliphatic heterocycles. The van der Waals surface area contributed by atoms with Crippen LogP contribution in [-0.4, -0.2) is 11.1 Å². The van der Waals surface area contributed by atoms with E-state index in [1.807, 2.05) is 0 Å². The summed E-state index contributed by atoms with van der Waals surface area (Å²) in [5.74, 6) is -0.239. The van der Waals surface area contributed by atoms with Gasteiger partial charge in [0.05, 0.1) is 0 Å². The second kappa shape index (κ2) is 7.14. The van der Waals surface area contributed by atoms with Crippen molar-refractivity contribution in [1.82, 2.24) is 0 Å². The van der Waals surface area contributed by atoms with Gasteiger partial charge in [0, 0.05) is 6.42 Å². The monoisotopic (exact) mass is 172 g/mol. The van der Waals surface area contributed by atoms with Crippen LogP contribution in [0.5, 0.6) is 0 Å². The quantitative estimate of drug-likeness (QED) is 0.640. The summed E-state index contributed by atoms with van der Waals surface area (Å²) in [4.78, 5) is 10.4. The molecule has 0 aliphatic rings. The molecule has 0 radical (unpaired) electrons. The smallest absolute Gasteiger partial charge is 0.303 e. The Kier molecular flexibility index (Phi) is 6.82. The number of unbranched alkanes of at least 4 members (excludes halogenated alkanes) is 1. The maximum Gasteiger partial charge on any atom is 0.303 e. The van der Waals surface area contributed by atoms with E-state index in [0.717, 1.165) is 25.7 Å². The van der Waals surface area contributed by atoms with Gasteiger partial charge < -0.3 is 5.11 Å². The molecule has 1 atom stereocenters. The average molecular weight is 172 g/mol. The standard InChI is InChI=1S/C10H20O2/c1-3-5-7-9(6-4-2)8-10(11)12/h9H,3-8H2,1-2H3,(H,11,12)/t9-/m1/s1. The molecule has 0 spiro atoms. The van der Waals surface area contributed by atoms with Gasteiger partial charge in [-0.2, -0.15) is 0 Å². The zero-order chi connectivity index (χ0) is 9.40. The molecule has 0 bridgehead atoms. The minimum Gasteiger partial charge on any atom is -0.481 e. The number of carboxylic acids is 1. The fourth-order valence-electron chi connectivity index (χ4n) is 1.50. The van der Waals surface area contributed by atoms with Crippen molar-refractivity contribution in [2.45, 2.75) is 52.4 Å². The summed E-state index contributed by atoms with van der Waals surface area (Å²) >= 11 is 0. The van der Waals surface area contributed by atoms with Gasteiger partial charge in [0.2, 0.25) is 0 Å². The van der Waals surface area contributed by atoms with Gasteiger partial charge in [-0.15, -0.1) is 0 Å². The molecule has 0 heterocycles. The van der Waals surface area contributed by atoms with Crippen molar-refractivity contribution in [3.05, 3.63) is 0 Å². The highest BCUT2D eigenvalue weighted by Gasteiger charge is 2.10. The summed E-state index contributed by atoms with van der Waals surface area (Å²) in [6, 6.07) is 0. The zero-order valence-corrected chi connectivity index (χ0v) is 8.18. The van der Waals surface area contributed by atoms with Gasteiger partial charge >= 0.3 is 5.97 Å². The Hall–Kier alpha value is -0.530. The summed E-state index contributed by atoms with van der Waals surface area (Å²) in [6.07, 6.45) is 5.93. The Labute approximate surface area is 75.0 Å².